The van der Waals surface area contributed by atoms with Crippen LogP contribution in [0.2, 0.25) is 5.02 Å². The highest BCUT2D eigenvalue weighted by Gasteiger charge is 2.26. The predicted octanol–water partition coefficient (Wildman–Crippen LogP) is 4.59. The summed E-state index contributed by atoms with van der Waals surface area (Å²) in [5, 5.41) is 3.16. The van der Waals surface area contributed by atoms with E-state index in [1.54, 1.807) is 0 Å². The zero-order valence-electron chi connectivity index (χ0n) is 17.7. The lowest BCUT2D eigenvalue weighted by atomic mass is 9.95. The highest BCUT2D eigenvalue weighted by molar-refractivity contribution is 6.31. The number of halogens is 2. The number of esters is 1. The Morgan fingerprint density at radius 1 is 1.25 bits per heavy atom. The lowest BCUT2D eigenvalue weighted by molar-refractivity contribution is -0.119. The number of para-hydroxylation sites is 1. The minimum atomic E-state index is -0.581. The van der Waals surface area contributed by atoms with Gasteiger partial charge in [0, 0.05) is 41.8 Å². The fourth-order valence-electron chi connectivity index (χ4n) is 3.96. The van der Waals surface area contributed by atoms with Crippen molar-refractivity contribution in [1.29, 1.82) is 0 Å². The molecule has 2 aromatic carbocycles. The number of nitrogens with one attached hydrogen (secondary N) is 1. The number of hydrogen-bond donors (Lipinski definition) is 1. The van der Waals surface area contributed by atoms with Crippen molar-refractivity contribution in [3.05, 3.63) is 70.1 Å². The van der Waals surface area contributed by atoms with Gasteiger partial charge in [-0.05, 0) is 37.2 Å². The monoisotopic (exact) mass is 455 g/mol. The highest BCUT2D eigenvalue weighted by atomic mass is 35.5. The molecule has 1 aliphatic heterocycles. The summed E-state index contributed by atoms with van der Waals surface area (Å²) in [4.78, 5) is 32.5. The van der Waals surface area contributed by atoms with Gasteiger partial charge in [-0.1, -0.05) is 36.7 Å². The van der Waals surface area contributed by atoms with Gasteiger partial charge in [0.2, 0.25) is 0 Å². The molecule has 32 heavy (non-hydrogen) atoms. The Hall–Kier alpha value is -3.03. The summed E-state index contributed by atoms with van der Waals surface area (Å²) >= 11 is 5.74. The van der Waals surface area contributed by atoms with Gasteiger partial charge in [0.1, 0.15) is 5.82 Å². The quantitative estimate of drug-likeness (QED) is 0.550. The van der Waals surface area contributed by atoms with Crippen LogP contribution in [0.3, 0.4) is 0 Å². The average molecular weight is 456 g/mol. The molecule has 0 fully saturated rings. The van der Waals surface area contributed by atoms with Gasteiger partial charge in [0.15, 0.2) is 6.61 Å². The maximum atomic E-state index is 13.3. The van der Waals surface area contributed by atoms with E-state index in [-0.39, 0.29) is 5.02 Å². The highest BCUT2D eigenvalue weighted by Crippen LogP contribution is 2.29. The van der Waals surface area contributed by atoms with E-state index in [4.69, 9.17) is 21.3 Å². The first kappa shape index (κ1) is 22.2. The molecule has 0 spiro atoms. The molecule has 0 unspecified atom stereocenters. The third-order valence-electron chi connectivity index (χ3n) is 5.41. The lowest BCUT2D eigenvalue weighted by Gasteiger charge is -2.29. The van der Waals surface area contributed by atoms with E-state index in [1.807, 2.05) is 24.3 Å². The topological polar surface area (TPSA) is 71.5 Å². The molecule has 1 amide bonds. The molecular formula is C24H23ClFN3O3. The minimum absolute atomic E-state index is 0.105. The Morgan fingerprint density at radius 3 is 2.84 bits per heavy atom. The first-order valence-electron chi connectivity index (χ1n) is 10.5. The number of pyridine rings is 1. The number of hydrogen-bond acceptors (Lipinski definition) is 5. The summed E-state index contributed by atoms with van der Waals surface area (Å²) in [5.41, 5.74) is 3.27. The van der Waals surface area contributed by atoms with Gasteiger partial charge in [-0.2, -0.15) is 0 Å². The van der Waals surface area contributed by atoms with Crippen LogP contribution in [0.4, 0.5) is 10.1 Å². The Bertz CT molecular complexity index is 1180. The Kier molecular flexibility index (Phi) is 6.67. The molecule has 4 rings (SSSR count). The van der Waals surface area contributed by atoms with Gasteiger partial charge in [-0.3, -0.25) is 14.7 Å². The van der Waals surface area contributed by atoms with Crippen molar-refractivity contribution in [2.24, 2.45) is 0 Å². The molecule has 8 heteroatoms. The van der Waals surface area contributed by atoms with Crippen molar-refractivity contribution in [2.45, 2.75) is 26.3 Å². The number of ether oxygens (including phenoxy) is 1. The Morgan fingerprint density at radius 2 is 2.06 bits per heavy atom. The van der Waals surface area contributed by atoms with E-state index in [0.29, 0.717) is 23.2 Å². The molecule has 166 valence electrons. The summed E-state index contributed by atoms with van der Waals surface area (Å²) < 4.78 is 18.7. The normalized spacial score (nSPS) is 13.6. The summed E-state index contributed by atoms with van der Waals surface area (Å²) in [6, 6.07) is 11.3. The molecule has 1 aromatic heterocycles. The second-order valence-corrected chi connectivity index (χ2v) is 8.12. The number of rotatable bonds is 6. The largest absolute Gasteiger partial charge is 0.452 e. The fraction of sp³-hybridized carbons (Fsp3) is 0.292. The van der Waals surface area contributed by atoms with E-state index in [9.17, 15) is 14.0 Å². The van der Waals surface area contributed by atoms with Crippen molar-refractivity contribution in [3.8, 4) is 0 Å². The molecule has 2 heterocycles. The molecule has 0 atom stereocenters. The van der Waals surface area contributed by atoms with Crippen LogP contribution < -0.4 is 5.32 Å². The van der Waals surface area contributed by atoms with Crippen LogP contribution in [0.15, 0.2) is 42.5 Å². The Balaban J connectivity index is 1.55. The number of amides is 1. The lowest BCUT2D eigenvalue weighted by Crippen LogP contribution is -2.33. The fourth-order valence-corrected chi connectivity index (χ4v) is 4.14. The van der Waals surface area contributed by atoms with Crippen LogP contribution in [0.25, 0.3) is 10.9 Å². The van der Waals surface area contributed by atoms with Crippen LogP contribution in [0, 0.1) is 5.82 Å². The van der Waals surface area contributed by atoms with E-state index in [0.717, 1.165) is 48.8 Å². The van der Waals surface area contributed by atoms with E-state index in [2.05, 4.69) is 17.1 Å². The zero-order valence-corrected chi connectivity index (χ0v) is 18.4. The molecule has 0 saturated heterocycles. The predicted molar refractivity (Wildman–Crippen MR) is 121 cm³/mol. The summed E-state index contributed by atoms with van der Waals surface area (Å²) in [6.45, 7) is 4.09. The standard InChI is InChI=1S/C24H23ClFN3O3/c1-2-10-29-11-9-21-17(13-29)23(16-5-3-4-6-20(16)28-21)24(31)32-14-22(30)27-15-7-8-19(26)18(25)12-15/h3-8,12H,2,9-11,13-14H2,1H3,(H,27,30). The van der Waals surface area contributed by atoms with E-state index < -0.39 is 24.3 Å². The van der Waals surface area contributed by atoms with Crippen molar-refractivity contribution in [2.75, 3.05) is 25.0 Å². The van der Waals surface area contributed by atoms with Gasteiger partial charge in [0.25, 0.3) is 5.91 Å². The molecule has 3 aromatic rings. The van der Waals surface area contributed by atoms with Crippen molar-refractivity contribution < 1.29 is 18.7 Å². The van der Waals surface area contributed by atoms with E-state index in [1.165, 1.54) is 12.1 Å². The molecule has 1 N–H and O–H groups in total. The zero-order chi connectivity index (χ0) is 22.7. The molecule has 0 saturated carbocycles. The first-order valence-corrected chi connectivity index (χ1v) is 10.9. The van der Waals surface area contributed by atoms with Crippen LogP contribution in [0.1, 0.15) is 35.0 Å². The van der Waals surface area contributed by atoms with Crippen molar-refractivity contribution in [1.82, 2.24) is 9.88 Å². The maximum Gasteiger partial charge on any atom is 0.339 e. The van der Waals surface area contributed by atoms with E-state index >= 15 is 0 Å². The number of anilines is 1. The molecule has 1 aliphatic rings. The van der Waals surface area contributed by atoms with Crippen molar-refractivity contribution >= 4 is 40.1 Å². The van der Waals surface area contributed by atoms with Gasteiger partial charge in [-0.15, -0.1) is 0 Å². The van der Waals surface area contributed by atoms with Gasteiger partial charge in [-0.25, -0.2) is 9.18 Å². The number of fused-ring (bicyclic) bond motifs is 2. The molecular weight excluding hydrogens is 433 g/mol. The van der Waals surface area contributed by atoms with Crippen LogP contribution in [-0.2, 0) is 22.5 Å². The average Bonchev–Trinajstić information content (AvgIpc) is 2.78. The summed E-state index contributed by atoms with van der Waals surface area (Å²) in [6.07, 6.45) is 1.77. The smallest absolute Gasteiger partial charge is 0.339 e. The number of nitrogens with zero attached hydrogens (tertiary/aromatic N) is 2. The number of benzene rings is 2. The van der Waals surface area contributed by atoms with Gasteiger partial charge in [0.05, 0.1) is 16.1 Å². The first-order chi connectivity index (χ1) is 15.5. The number of carbonyl (C=O) groups is 2. The maximum absolute atomic E-state index is 13.3. The minimum Gasteiger partial charge on any atom is -0.452 e. The second kappa shape index (κ2) is 9.63. The van der Waals surface area contributed by atoms with Crippen LogP contribution in [0.5, 0.6) is 0 Å². The molecule has 0 aliphatic carbocycles. The van der Waals surface area contributed by atoms with Crippen molar-refractivity contribution in [3.63, 3.8) is 0 Å². The third kappa shape index (κ3) is 4.74. The number of aromatic nitrogens is 1. The Labute approximate surface area is 190 Å². The second-order valence-electron chi connectivity index (χ2n) is 7.71. The summed E-state index contributed by atoms with van der Waals surface area (Å²) in [5.74, 6) is -1.69. The molecule has 0 bridgehead atoms. The molecule has 0 radical (unpaired) electrons. The van der Waals surface area contributed by atoms with Gasteiger partial charge < -0.3 is 10.1 Å². The molecule has 6 nitrogen and oxygen atoms in total. The number of carbonyl (C=O) groups excluding carboxylic acids is 2. The third-order valence-corrected chi connectivity index (χ3v) is 5.70. The van der Waals surface area contributed by atoms with Gasteiger partial charge >= 0.3 is 5.97 Å². The van der Waals surface area contributed by atoms with Crippen LogP contribution in [-0.4, -0.2) is 41.5 Å². The SMILES string of the molecule is CCCN1CCc2nc3ccccc3c(C(=O)OCC(=O)Nc3ccc(F)c(Cl)c3)c2C1. The summed E-state index contributed by atoms with van der Waals surface area (Å²) in [7, 11) is 0. The van der Waals surface area contributed by atoms with Crippen LogP contribution >= 0.6 is 11.6 Å².